The number of aliphatic hydroxyl groups is 1. The molecule has 2 N–H and O–H groups in total. The van der Waals surface area contributed by atoms with Gasteiger partial charge in [-0.25, -0.2) is 0 Å². The molecule has 1 aliphatic carbocycles. The zero-order valence-corrected chi connectivity index (χ0v) is 14.7. The minimum absolute atomic E-state index is 0.130. The fourth-order valence-electron chi connectivity index (χ4n) is 3.93. The van der Waals surface area contributed by atoms with Crippen molar-refractivity contribution >= 4 is 22.4 Å². The van der Waals surface area contributed by atoms with Gasteiger partial charge in [-0.15, -0.1) is 0 Å². The smallest absolute Gasteiger partial charge is 0.256 e. The highest BCUT2D eigenvalue weighted by Gasteiger charge is 2.31. The highest BCUT2D eigenvalue weighted by Crippen LogP contribution is 2.37. The van der Waals surface area contributed by atoms with E-state index < -0.39 is 5.60 Å². The molecule has 3 nitrogen and oxygen atoms in total. The van der Waals surface area contributed by atoms with E-state index in [9.17, 15) is 9.90 Å². The van der Waals surface area contributed by atoms with E-state index in [0.29, 0.717) is 5.56 Å². The highest BCUT2D eigenvalue weighted by molar-refractivity contribution is 6.12. The van der Waals surface area contributed by atoms with Crippen molar-refractivity contribution in [3.63, 3.8) is 0 Å². The van der Waals surface area contributed by atoms with Crippen LogP contribution in [0.4, 0.5) is 5.69 Å². The average Bonchev–Trinajstić information content (AvgIpc) is 2.68. The summed E-state index contributed by atoms with van der Waals surface area (Å²) in [7, 11) is 0. The molecule has 1 amide bonds. The van der Waals surface area contributed by atoms with Crippen LogP contribution in [0.2, 0.25) is 0 Å². The summed E-state index contributed by atoms with van der Waals surface area (Å²) in [5.41, 5.74) is 1.51. The molecule has 1 aliphatic rings. The van der Waals surface area contributed by atoms with Crippen LogP contribution in [0.5, 0.6) is 0 Å². The van der Waals surface area contributed by atoms with Gasteiger partial charge in [0, 0.05) is 11.3 Å². The van der Waals surface area contributed by atoms with Gasteiger partial charge in [0.2, 0.25) is 0 Å². The summed E-state index contributed by atoms with van der Waals surface area (Å²) in [6.07, 6.45) is 4.84. The quantitative estimate of drug-likeness (QED) is 0.681. The predicted octanol–water partition coefficient (Wildman–Crippen LogP) is 5.24. The molecule has 1 fully saturated rings. The van der Waals surface area contributed by atoms with E-state index in [0.717, 1.165) is 47.7 Å². The van der Waals surface area contributed by atoms with E-state index in [1.807, 2.05) is 66.7 Å². The molecular formula is C23H23NO2. The van der Waals surface area contributed by atoms with Crippen LogP contribution in [-0.4, -0.2) is 11.0 Å². The summed E-state index contributed by atoms with van der Waals surface area (Å²) in [6, 6.07) is 21.3. The molecule has 26 heavy (non-hydrogen) atoms. The Balaban J connectivity index is 1.61. The lowest BCUT2D eigenvalue weighted by molar-refractivity contribution is -0.000589. The van der Waals surface area contributed by atoms with Crippen molar-refractivity contribution in [1.29, 1.82) is 0 Å². The number of anilines is 1. The third kappa shape index (κ3) is 3.23. The first kappa shape index (κ1) is 16.8. The van der Waals surface area contributed by atoms with Crippen molar-refractivity contribution < 1.29 is 9.90 Å². The number of carbonyl (C=O) groups excluding carboxylic acids is 1. The van der Waals surface area contributed by atoms with Crippen LogP contribution in [0, 0.1) is 0 Å². The van der Waals surface area contributed by atoms with Crippen molar-refractivity contribution in [1.82, 2.24) is 0 Å². The molecule has 0 aliphatic heterocycles. The lowest BCUT2D eigenvalue weighted by atomic mass is 9.79. The molecule has 132 valence electrons. The normalized spacial score (nSPS) is 16.3. The van der Waals surface area contributed by atoms with Crippen molar-refractivity contribution in [2.75, 3.05) is 5.32 Å². The zero-order chi connectivity index (χ0) is 18.0. The molecule has 0 aromatic heterocycles. The lowest BCUT2D eigenvalue weighted by Crippen LogP contribution is -2.28. The van der Waals surface area contributed by atoms with E-state index >= 15 is 0 Å². The maximum atomic E-state index is 12.8. The Labute approximate surface area is 153 Å². The molecule has 4 rings (SSSR count). The number of nitrogens with one attached hydrogen (secondary N) is 1. The maximum Gasteiger partial charge on any atom is 0.256 e. The maximum absolute atomic E-state index is 12.8. The summed E-state index contributed by atoms with van der Waals surface area (Å²) in [4.78, 5) is 12.8. The second kappa shape index (κ2) is 6.93. The Bertz CT molecular complexity index is 936. The van der Waals surface area contributed by atoms with Crippen LogP contribution in [0.3, 0.4) is 0 Å². The van der Waals surface area contributed by atoms with Crippen LogP contribution >= 0.6 is 0 Å². The largest absolute Gasteiger partial charge is 0.385 e. The molecule has 0 bridgehead atoms. The van der Waals surface area contributed by atoms with Crippen molar-refractivity contribution in [2.24, 2.45) is 0 Å². The van der Waals surface area contributed by atoms with Crippen LogP contribution in [0.25, 0.3) is 10.8 Å². The van der Waals surface area contributed by atoms with E-state index in [2.05, 4.69) is 5.32 Å². The molecule has 0 atom stereocenters. The van der Waals surface area contributed by atoms with E-state index in [1.54, 1.807) is 0 Å². The van der Waals surface area contributed by atoms with Gasteiger partial charge in [0.25, 0.3) is 5.91 Å². The first-order valence-corrected chi connectivity index (χ1v) is 9.28. The molecule has 0 saturated heterocycles. The number of amides is 1. The van der Waals surface area contributed by atoms with Crippen LogP contribution in [-0.2, 0) is 5.60 Å². The number of fused-ring (bicyclic) bond motifs is 1. The van der Waals surface area contributed by atoms with Gasteiger partial charge in [-0.05, 0) is 47.4 Å². The first-order valence-electron chi connectivity index (χ1n) is 9.28. The molecule has 1 saturated carbocycles. The SMILES string of the molecule is O=C(Nc1cccc(C2(O)CCCCC2)c1)c1cccc2ccccc12. The molecule has 3 aromatic carbocycles. The Kier molecular flexibility index (Phi) is 4.48. The van der Waals surface area contributed by atoms with E-state index in [1.165, 1.54) is 6.42 Å². The van der Waals surface area contributed by atoms with Crippen molar-refractivity contribution in [3.05, 3.63) is 77.9 Å². The van der Waals surface area contributed by atoms with Gasteiger partial charge in [0.05, 0.1) is 5.60 Å². The summed E-state index contributed by atoms with van der Waals surface area (Å²) in [6.45, 7) is 0. The number of hydrogen-bond donors (Lipinski definition) is 2. The lowest BCUT2D eigenvalue weighted by Gasteiger charge is -2.32. The Morgan fingerprint density at radius 3 is 2.46 bits per heavy atom. The molecule has 3 heteroatoms. The molecule has 0 radical (unpaired) electrons. The van der Waals surface area contributed by atoms with Gasteiger partial charge in [-0.3, -0.25) is 4.79 Å². The number of carbonyl (C=O) groups is 1. The Hall–Kier alpha value is -2.65. The third-order valence-electron chi connectivity index (χ3n) is 5.37. The van der Waals surface area contributed by atoms with Crippen molar-refractivity contribution in [3.8, 4) is 0 Å². The van der Waals surface area contributed by atoms with Gasteiger partial charge in [-0.1, -0.05) is 67.8 Å². The minimum Gasteiger partial charge on any atom is -0.385 e. The van der Waals surface area contributed by atoms with E-state index in [4.69, 9.17) is 0 Å². The molecule has 0 heterocycles. The highest BCUT2D eigenvalue weighted by atomic mass is 16.3. The van der Waals surface area contributed by atoms with Crippen LogP contribution in [0.1, 0.15) is 48.0 Å². The fraction of sp³-hybridized carbons (Fsp3) is 0.261. The third-order valence-corrected chi connectivity index (χ3v) is 5.37. The molecular weight excluding hydrogens is 322 g/mol. The number of benzene rings is 3. The zero-order valence-electron chi connectivity index (χ0n) is 14.7. The Morgan fingerprint density at radius 2 is 1.62 bits per heavy atom. The van der Waals surface area contributed by atoms with Gasteiger partial charge < -0.3 is 10.4 Å². The van der Waals surface area contributed by atoms with Gasteiger partial charge >= 0.3 is 0 Å². The standard InChI is InChI=1S/C23H23NO2/c25-22(21-13-6-9-17-8-2-3-12-20(17)21)24-19-11-7-10-18(16-19)23(26)14-4-1-5-15-23/h2-3,6-13,16,26H,1,4-5,14-15H2,(H,24,25). The topological polar surface area (TPSA) is 49.3 Å². The minimum atomic E-state index is -0.765. The molecule has 0 spiro atoms. The van der Waals surface area contributed by atoms with E-state index in [-0.39, 0.29) is 5.91 Å². The number of rotatable bonds is 3. The fourth-order valence-corrected chi connectivity index (χ4v) is 3.93. The summed E-state index contributed by atoms with van der Waals surface area (Å²) in [5, 5.41) is 15.9. The first-order chi connectivity index (χ1) is 12.7. The summed E-state index contributed by atoms with van der Waals surface area (Å²) in [5.74, 6) is -0.130. The number of hydrogen-bond acceptors (Lipinski definition) is 2. The predicted molar refractivity (Wildman–Crippen MR) is 105 cm³/mol. The summed E-state index contributed by atoms with van der Waals surface area (Å²) < 4.78 is 0. The second-order valence-corrected chi connectivity index (χ2v) is 7.15. The van der Waals surface area contributed by atoms with Crippen LogP contribution in [0.15, 0.2) is 66.7 Å². The molecule has 0 unspecified atom stereocenters. The monoisotopic (exact) mass is 345 g/mol. The average molecular weight is 345 g/mol. The Morgan fingerprint density at radius 1 is 0.885 bits per heavy atom. The van der Waals surface area contributed by atoms with Crippen molar-refractivity contribution in [2.45, 2.75) is 37.7 Å². The summed E-state index contributed by atoms with van der Waals surface area (Å²) >= 11 is 0. The van der Waals surface area contributed by atoms with Crippen LogP contribution < -0.4 is 5.32 Å². The molecule has 3 aromatic rings. The van der Waals surface area contributed by atoms with Gasteiger partial charge in [0.1, 0.15) is 0 Å². The van der Waals surface area contributed by atoms with Gasteiger partial charge in [-0.2, -0.15) is 0 Å². The van der Waals surface area contributed by atoms with Gasteiger partial charge in [0.15, 0.2) is 0 Å². The second-order valence-electron chi connectivity index (χ2n) is 7.15.